The summed E-state index contributed by atoms with van der Waals surface area (Å²) in [7, 11) is 1.75. The van der Waals surface area contributed by atoms with Crippen LogP contribution in [0.4, 0.5) is 5.95 Å². The van der Waals surface area contributed by atoms with Crippen molar-refractivity contribution in [2.75, 3.05) is 12.4 Å². The highest BCUT2D eigenvalue weighted by Gasteiger charge is 2.29. The van der Waals surface area contributed by atoms with E-state index in [1.165, 1.54) is 0 Å². The normalized spacial score (nSPS) is 19.8. The second-order valence-electron chi connectivity index (χ2n) is 6.72. The predicted octanol–water partition coefficient (Wildman–Crippen LogP) is 2.57. The van der Waals surface area contributed by atoms with Crippen LogP contribution in [0.5, 0.6) is 0 Å². The van der Waals surface area contributed by atoms with E-state index in [0.717, 1.165) is 46.5 Å². The van der Waals surface area contributed by atoms with Crippen LogP contribution in [-0.4, -0.2) is 48.8 Å². The Kier molecular flexibility index (Phi) is 3.39. The van der Waals surface area contributed by atoms with Crippen LogP contribution >= 0.6 is 0 Å². The smallest absolute Gasteiger partial charge is 0.224 e. The van der Waals surface area contributed by atoms with Gasteiger partial charge < -0.3 is 15.0 Å². The van der Waals surface area contributed by atoms with Gasteiger partial charge in [0.2, 0.25) is 5.95 Å². The number of nitrogens with zero attached hydrogens (tertiary/aromatic N) is 5. The zero-order valence-electron chi connectivity index (χ0n) is 14.6. The third kappa shape index (κ3) is 2.41. The van der Waals surface area contributed by atoms with Crippen LogP contribution in [0.2, 0.25) is 0 Å². The van der Waals surface area contributed by atoms with Gasteiger partial charge in [-0.25, -0.2) is 14.5 Å². The molecule has 0 aliphatic heterocycles. The Morgan fingerprint density at radius 1 is 1.23 bits per heavy atom. The van der Waals surface area contributed by atoms with Gasteiger partial charge in [0.05, 0.1) is 23.7 Å². The summed E-state index contributed by atoms with van der Waals surface area (Å²) in [5.74, 6) is 0.638. The van der Waals surface area contributed by atoms with Gasteiger partial charge in [0.25, 0.3) is 0 Å². The zero-order valence-corrected chi connectivity index (χ0v) is 14.6. The van der Waals surface area contributed by atoms with Crippen LogP contribution < -0.4 is 5.32 Å². The molecule has 1 saturated carbocycles. The molecule has 0 amide bonds. The largest absolute Gasteiger partial charge is 0.381 e. The number of aromatic amines is 1. The lowest BCUT2D eigenvalue weighted by atomic mass is 9.89. The molecule has 5 rings (SSSR count). The van der Waals surface area contributed by atoms with Crippen molar-refractivity contribution in [3.63, 3.8) is 0 Å². The van der Waals surface area contributed by atoms with Crippen LogP contribution in [0.1, 0.15) is 18.5 Å². The van der Waals surface area contributed by atoms with Crippen LogP contribution in [0.15, 0.2) is 30.7 Å². The number of aryl methyl sites for hydroxylation is 1. The Morgan fingerprint density at radius 2 is 2.12 bits per heavy atom. The number of nitrogens with one attached hydrogen (secondary N) is 2. The van der Waals surface area contributed by atoms with E-state index >= 15 is 0 Å². The van der Waals surface area contributed by atoms with Crippen molar-refractivity contribution < 1.29 is 4.74 Å². The molecule has 8 heteroatoms. The maximum atomic E-state index is 5.31. The van der Waals surface area contributed by atoms with E-state index in [-0.39, 0.29) is 0 Å². The summed E-state index contributed by atoms with van der Waals surface area (Å²) in [5.41, 5.74) is 4.47. The van der Waals surface area contributed by atoms with E-state index < -0.39 is 0 Å². The highest BCUT2D eigenvalue weighted by atomic mass is 16.5. The van der Waals surface area contributed by atoms with E-state index in [1.54, 1.807) is 7.11 Å². The van der Waals surface area contributed by atoms with E-state index in [4.69, 9.17) is 4.74 Å². The lowest BCUT2D eigenvalue weighted by molar-refractivity contribution is 0.0327. The van der Waals surface area contributed by atoms with Crippen LogP contribution in [-0.2, 0) is 4.74 Å². The molecule has 0 saturated heterocycles. The maximum absolute atomic E-state index is 5.31. The SMILES string of the molecule is CO[C@H]1C[C@@H](Nc2ncc3c(-c4ccc5ncc(C)n5n4)c[nH]c3n2)C1. The summed E-state index contributed by atoms with van der Waals surface area (Å²) in [5, 5.41) is 9.00. The van der Waals surface area contributed by atoms with Crippen molar-refractivity contribution in [3.8, 4) is 11.3 Å². The van der Waals surface area contributed by atoms with Crippen LogP contribution in [0.25, 0.3) is 27.9 Å². The van der Waals surface area contributed by atoms with Gasteiger partial charge in [-0.05, 0) is 31.9 Å². The number of imidazole rings is 1. The molecular formula is C18H19N7O. The number of fused-ring (bicyclic) bond motifs is 2. The molecule has 1 aliphatic carbocycles. The molecule has 132 valence electrons. The summed E-state index contributed by atoms with van der Waals surface area (Å²) in [6, 6.07) is 4.31. The van der Waals surface area contributed by atoms with E-state index in [2.05, 4.69) is 30.4 Å². The Morgan fingerprint density at radius 3 is 2.96 bits per heavy atom. The second-order valence-corrected chi connectivity index (χ2v) is 6.72. The quantitative estimate of drug-likeness (QED) is 0.588. The molecule has 0 spiro atoms. The predicted molar refractivity (Wildman–Crippen MR) is 98.0 cm³/mol. The first-order chi connectivity index (χ1) is 12.7. The first-order valence-electron chi connectivity index (χ1n) is 8.66. The summed E-state index contributed by atoms with van der Waals surface area (Å²) in [4.78, 5) is 16.6. The number of methoxy groups -OCH3 is 1. The van der Waals surface area contributed by atoms with Gasteiger partial charge in [-0.2, -0.15) is 10.1 Å². The number of anilines is 1. The molecule has 26 heavy (non-hydrogen) atoms. The van der Waals surface area contributed by atoms with Gasteiger partial charge in [-0.15, -0.1) is 0 Å². The Balaban J connectivity index is 1.46. The van der Waals surface area contributed by atoms with E-state index in [0.29, 0.717) is 18.1 Å². The summed E-state index contributed by atoms with van der Waals surface area (Å²) in [6.07, 6.45) is 7.91. The number of hydrogen-bond donors (Lipinski definition) is 2. The minimum atomic E-state index is 0.348. The topological polar surface area (TPSA) is 93.0 Å². The molecule has 8 nitrogen and oxygen atoms in total. The van der Waals surface area contributed by atoms with Gasteiger partial charge in [0.15, 0.2) is 5.65 Å². The molecule has 0 unspecified atom stereocenters. The Labute approximate surface area is 149 Å². The Bertz CT molecular complexity index is 1090. The molecular weight excluding hydrogens is 330 g/mol. The molecule has 4 heterocycles. The summed E-state index contributed by atoms with van der Waals surface area (Å²) < 4.78 is 7.15. The lowest BCUT2D eigenvalue weighted by Gasteiger charge is -2.34. The minimum Gasteiger partial charge on any atom is -0.381 e. The first kappa shape index (κ1) is 15.3. The van der Waals surface area contributed by atoms with Gasteiger partial charge in [-0.1, -0.05) is 0 Å². The number of aromatic nitrogens is 6. The fraction of sp³-hybridized carbons (Fsp3) is 0.333. The highest BCUT2D eigenvalue weighted by molar-refractivity contribution is 5.92. The molecule has 4 aromatic heterocycles. The fourth-order valence-electron chi connectivity index (χ4n) is 3.38. The minimum absolute atomic E-state index is 0.348. The molecule has 0 bridgehead atoms. The Hall–Kier alpha value is -3.00. The number of ether oxygens (including phenoxy) is 1. The average Bonchev–Trinajstić information content (AvgIpc) is 3.21. The van der Waals surface area contributed by atoms with Crippen molar-refractivity contribution in [2.24, 2.45) is 0 Å². The fourth-order valence-corrected chi connectivity index (χ4v) is 3.38. The lowest BCUT2D eigenvalue weighted by Crippen LogP contribution is -2.40. The molecule has 1 aliphatic rings. The van der Waals surface area contributed by atoms with Crippen molar-refractivity contribution in [1.29, 1.82) is 0 Å². The van der Waals surface area contributed by atoms with Crippen molar-refractivity contribution in [1.82, 2.24) is 29.5 Å². The van der Waals surface area contributed by atoms with Gasteiger partial charge in [-0.3, -0.25) is 0 Å². The third-order valence-electron chi connectivity index (χ3n) is 5.00. The van der Waals surface area contributed by atoms with Gasteiger partial charge in [0.1, 0.15) is 5.65 Å². The first-order valence-corrected chi connectivity index (χ1v) is 8.66. The second kappa shape index (κ2) is 5.77. The average molecular weight is 349 g/mol. The molecule has 0 radical (unpaired) electrons. The summed E-state index contributed by atoms with van der Waals surface area (Å²) >= 11 is 0. The van der Waals surface area contributed by atoms with Crippen molar-refractivity contribution in [3.05, 3.63) is 36.4 Å². The monoisotopic (exact) mass is 349 g/mol. The van der Waals surface area contributed by atoms with E-state index in [9.17, 15) is 0 Å². The standard InChI is InChI=1S/C18H19N7O/c1-10-7-19-16-4-3-15(24-25(10)16)13-8-20-17-14(13)9-21-18(23-17)22-11-5-12(6-11)26-2/h3-4,7-9,11-12H,5-6H2,1-2H3,(H2,20,21,22,23)/t11-,12+. The van der Waals surface area contributed by atoms with Gasteiger partial charge in [0, 0.05) is 36.5 Å². The molecule has 1 fully saturated rings. The number of H-pyrrole nitrogens is 1. The molecule has 0 atom stereocenters. The molecule has 0 aromatic carbocycles. The van der Waals surface area contributed by atoms with Gasteiger partial charge >= 0.3 is 0 Å². The number of rotatable bonds is 4. The van der Waals surface area contributed by atoms with E-state index in [1.807, 2.05) is 42.2 Å². The maximum Gasteiger partial charge on any atom is 0.224 e. The molecule has 4 aromatic rings. The number of hydrogen-bond acceptors (Lipinski definition) is 6. The summed E-state index contributed by atoms with van der Waals surface area (Å²) in [6.45, 7) is 1.99. The van der Waals surface area contributed by atoms with Crippen molar-refractivity contribution in [2.45, 2.75) is 31.9 Å². The van der Waals surface area contributed by atoms with Crippen LogP contribution in [0.3, 0.4) is 0 Å². The zero-order chi connectivity index (χ0) is 17.7. The third-order valence-corrected chi connectivity index (χ3v) is 5.00. The van der Waals surface area contributed by atoms with Crippen molar-refractivity contribution >= 4 is 22.6 Å². The molecule has 2 N–H and O–H groups in total. The highest BCUT2D eigenvalue weighted by Crippen LogP contribution is 2.28. The van der Waals surface area contributed by atoms with Crippen LogP contribution in [0, 0.1) is 6.92 Å².